The number of anilines is 2. The van der Waals surface area contributed by atoms with Crippen molar-refractivity contribution in [2.75, 3.05) is 30.4 Å². The van der Waals surface area contributed by atoms with Crippen molar-refractivity contribution in [3.63, 3.8) is 0 Å². The number of halogens is 3. The van der Waals surface area contributed by atoms with Crippen molar-refractivity contribution in [2.45, 2.75) is 50.7 Å². The molecule has 0 spiro atoms. The molecule has 2 fully saturated rings. The molecule has 2 N–H and O–H groups in total. The second-order valence-corrected chi connectivity index (χ2v) is 7.66. The SMILES string of the molecule is CNC(=O)C1CCC(Nc2ccc(N3CCC(C(F)(F)F)CC3)cc2)CC1. The first-order chi connectivity index (χ1) is 12.9. The van der Waals surface area contributed by atoms with E-state index in [0.29, 0.717) is 19.1 Å². The summed E-state index contributed by atoms with van der Waals surface area (Å²) in [4.78, 5) is 13.7. The van der Waals surface area contributed by atoms with Crippen molar-refractivity contribution < 1.29 is 18.0 Å². The van der Waals surface area contributed by atoms with Crippen LogP contribution in [0.15, 0.2) is 24.3 Å². The van der Waals surface area contributed by atoms with Gasteiger partial charge in [-0.25, -0.2) is 0 Å². The first-order valence-corrected chi connectivity index (χ1v) is 9.76. The molecule has 0 radical (unpaired) electrons. The van der Waals surface area contributed by atoms with Crippen LogP contribution in [0.2, 0.25) is 0 Å². The topological polar surface area (TPSA) is 44.4 Å². The molecule has 3 rings (SSSR count). The molecule has 150 valence electrons. The van der Waals surface area contributed by atoms with Gasteiger partial charge in [-0.15, -0.1) is 0 Å². The summed E-state index contributed by atoms with van der Waals surface area (Å²) >= 11 is 0. The Kier molecular flexibility index (Phi) is 6.17. The minimum Gasteiger partial charge on any atom is -0.382 e. The first kappa shape index (κ1) is 19.8. The number of carbonyl (C=O) groups is 1. The van der Waals surface area contributed by atoms with Crippen molar-refractivity contribution >= 4 is 17.3 Å². The zero-order valence-electron chi connectivity index (χ0n) is 15.7. The lowest BCUT2D eigenvalue weighted by atomic mass is 9.85. The predicted octanol–water partition coefficient (Wildman–Crippen LogP) is 4.18. The quantitative estimate of drug-likeness (QED) is 0.820. The Bertz CT molecular complexity index is 616. The predicted molar refractivity (Wildman–Crippen MR) is 101 cm³/mol. The van der Waals surface area contributed by atoms with Gasteiger partial charge < -0.3 is 15.5 Å². The second-order valence-electron chi connectivity index (χ2n) is 7.66. The Morgan fingerprint density at radius 1 is 1.00 bits per heavy atom. The van der Waals surface area contributed by atoms with Crippen LogP contribution >= 0.6 is 0 Å². The van der Waals surface area contributed by atoms with Crippen LogP contribution in [0.3, 0.4) is 0 Å². The Labute approximate surface area is 158 Å². The highest BCUT2D eigenvalue weighted by molar-refractivity contribution is 5.78. The zero-order valence-corrected chi connectivity index (χ0v) is 15.7. The van der Waals surface area contributed by atoms with E-state index in [-0.39, 0.29) is 24.7 Å². The molecule has 1 aromatic rings. The minimum atomic E-state index is -4.07. The van der Waals surface area contributed by atoms with Gasteiger partial charge in [-0.3, -0.25) is 4.79 Å². The molecule has 0 unspecified atom stereocenters. The summed E-state index contributed by atoms with van der Waals surface area (Å²) in [6, 6.07) is 8.31. The van der Waals surface area contributed by atoms with Crippen LogP contribution in [-0.2, 0) is 4.79 Å². The lowest BCUT2D eigenvalue weighted by Crippen LogP contribution is -2.39. The maximum atomic E-state index is 12.8. The zero-order chi connectivity index (χ0) is 19.4. The Morgan fingerprint density at radius 2 is 1.59 bits per heavy atom. The number of nitrogens with one attached hydrogen (secondary N) is 2. The maximum Gasteiger partial charge on any atom is 0.391 e. The van der Waals surface area contributed by atoms with Crippen LogP contribution < -0.4 is 15.5 Å². The largest absolute Gasteiger partial charge is 0.391 e. The van der Waals surface area contributed by atoms with Crippen LogP contribution in [0, 0.1) is 11.8 Å². The average molecular weight is 383 g/mol. The molecule has 0 atom stereocenters. The van der Waals surface area contributed by atoms with Crippen molar-refractivity contribution in [2.24, 2.45) is 11.8 Å². The van der Waals surface area contributed by atoms with Crippen molar-refractivity contribution in [1.29, 1.82) is 0 Å². The molecular formula is C20H28F3N3O. The molecule has 1 amide bonds. The van der Waals surface area contributed by atoms with E-state index in [0.717, 1.165) is 37.1 Å². The number of amides is 1. The first-order valence-electron chi connectivity index (χ1n) is 9.76. The maximum absolute atomic E-state index is 12.8. The van der Waals surface area contributed by atoms with Crippen molar-refractivity contribution in [3.05, 3.63) is 24.3 Å². The third-order valence-corrected chi connectivity index (χ3v) is 5.91. The molecule has 1 heterocycles. The van der Waals surface area contributed by atoms with E-state index in [9.17, 15) is 18.0 Å². The van der Waals surface area contributed by atoms with Gasteiger partial charge in [0.05, 0.1) is 5.92 Å². The number of carbonyl (C=O) groups excluding carboxylic acids is 1. The number of piperidine rings is 1. The van der Waals surface area contributed by atoms with Gasteiger partial charge in [-0.1, -0.05) is 0 Å². The molecule has 1 aliphatic heterocycles. The number of nitrogens with zero attached hydrogens (tertiary/aromatic N) is 1. The fraction of sp³-hybridized carbons (Fsp3) is 0.650. The molecule has 1 saturated carbocycles. The molecule has 1 saturated heterocycles. The van der Waals surface area contributed by atoms with Gasteiger partial charge in [-0.2, -0.15) is 13.2 Å². The number of alkyl halides is 3. The third kappa shape index (κ3) is 5.08. The molecule has 1 aliphatic carbocycles. The Morgan fingerprint density at radius 3 is 2.11 bits per heavy atom. The number of rotatable bonds is 4. The summed E-state index contributed by atoms with van der Waals surface area (Å²) < 4.78 is 38.4. The standard InChI is InChI=1S/C20H28F3N3O/c1-24-19(27)14-2-4-16(5-3-14)25-17-6-8-18(9-7-17)26-12-10-15(11-13-26)20(21,22)23/h6-9,14-16,25H,2-5,10-13H2,1H3,(H,24,27). The fourth-order valence-corrected chi connectivity index (χ4v) is 4.17. The highest BCUT2D eigenvalue weighted by atomic mass is 19.4. The highest BCUT2D eigenvalue weighted by Crippen LogP contribution is 2.35. The van der Waals surface area contributed by atoms with Gasteiger partial charge >= 0.3 is 6.18 Å². The van der Waals surface area contributed by atoms with Gasteiger partial charge in [0.1, 0.15) is 0 Å². The van der Waals surface area contributed by atoms with E-state index in [4.69, 9.17) is 0 Å². The van der Waals surface area contributed by atoms with Crippen LogP contribution in [0.4, 0.5) is 24.5 Å². The normalized spacial score (nSPS) is 24.5. The summed E-state index contributed by atoms with van der Waals surface area (Å²) in [6.07, 6.45) is -0.0322. The van der Waals surface area contributed by atoms with Crippen LogP contribution in [-0.4, -0.2) is 38.3 Å². The third-order valence-electron chi connectivity index (χ3n) is 5.91. The van der Waals surface area contributed by atoms with Gasteiger partial charge in [-0.05, 0) is 62.8 Å². The second kappa shape index (κ2) is 8.40. The summed E-state index contributed by atoms with van der Waals surface area (Å²) in [5.41, 5.74) is 2.00. The summed E-state index contributed by atoms with van der Waals surface area (Å²) in [5, 5.41) is 6.24. The molecule has 1 aromatic carbocycles. The molecule has 0 bridgehead atoms. The summed E-state index contributed by atoms with van der Waals surface area (Å²) in [7, 11) is 1.68. The molecule has 0 aromatic heterocycles. The van der Waals surface area contributed by atoms with Crippen molar-refractivity contribution in [1.82, 2.24) is 5.32 Å². The van der Waals surface area contributed by atoms with Gasteiger partial charge in [0.25, 0.3) is 0 Å². The van der Waals surface area contributed by atoms with Crippen molar-refractivity contribution in [3.8, 4) is 0 Å². The van der Waals surface area contributed by atoms with E-state index < -0.39 is 12.1 Å². The highest BCUT2D eigenvalue weighted by Gasteiger charge is 2.41. The Balaban J connectivity index is 1.48. The van der Waals surface area contributed by atoms with E-state index >= 15 is 0 Å². The molecular weight excluding hydrogens is 355 g/mol. The fourth-order valence-electron chi connectivity index (χ4n) is 4.17. The van der Waals surface area contributed by atoms with Crippen LogP contribution in [0.25, 0.3) is 0 Å². The van der Waals surface area contributed by atoms with Gasteiger partial charge in [0.15, 0.2) is 0 Å². The average Bonchev–Trinajstić information content (AvgIpc) is 2.68. The molecule has 4 nitrogen and oxygen atoms in total. The van der Waals surface area contributed by atoms with Crippen LogP contribution in [0.5, 0.6) is 0 Å². The van der Waals surface area contributed by atoms with E-state index in [1.807, 2.05) is 29.2 Å². The molecule has 2 aliphatic rings. The van der Waals surface area contributed by atoms with E-state index in [2.05, 4.69) is 10.6 Å². The Hall–Kier alpha value is -1.92. The lowest BCUT2D eigenvalue weighted by Gasteiger charge is -2.34. The van der Waals surface area contributed by atoms with Crippen LogP contribution in [0.1, 0.15) is 38.5 Å². The molecule has 7 heteroatoms. The number of benzene rings is 1. The lowest BCUT2D eigenvalue weighted by molar-refractivity contribution is -0.179. The number of hydrogen-bond acceptors (Lipinski definition) is 3. The minimum absolute atomic E-state index is 0.120. The monoisotopic (exact) mass is 383 g/mol. The van der Waals surface area contributed by atoms with Gasteiger partial charge in [0.2, 0.25) is 5.91 Å². The smallest absolute Gasteiger partial charge is 0.382 e. The van der Waals surface area contributed by atoms with E-state index in [1.165, 1.54) is 0 Å². The summed E-state index contributed by atoms with van der Waals surface area (Å²) in [5.74, 6) is -0.915. The van der Waals surface area contributed by atoms with E-state index in [1.54, 1.807) is 7.05 Å². The summed E-state index contributed by atoms with van der Waals surface area (Å²) in [6.45, 7) is 0.890. The number of hydrogen-bond donors (Lipinski definition) is 2. The van der Waals surface area contributed by atoms with Gasteiger partial charge in [0, 0.05) is 43.5 Å². The molecule has 27 heavy (non-hydrogen) atoms.